The molecule has 4 heteroatoms. The summed E-state index contributed by atoms with van der Waals surface area (Å²) in [5.41, 5.74) is 6.53. The van der Waals surface area contributed by atoms with Crippen LogP contribution in [0.2, 0.25) is 0 Å². The van der Waals surface area contributed by atoms with Crippen LogP contribution in [0.5, 0.6) is 5.75 Å². The number of carbonyl (C=O) groups excluding carboxylic acids is 1. The maximum Gasteiger partial charge on any atom is 0.220 e. The summed E-state index contributed by atoms with van der Waals surface area (Å²) in [6.07, 6.45) is 4.68. The summed E-state index contributed by atoms with van der Waals surface area (Å²) >= 11 is 0. The number of hydrogen-bond donors (Lipinski definition) is 3. The van der Waals surface area contributed by atoms with Gasteiger partial charge in [0.2, 0.25) is 5.91 Å². The van der Waals surface area contributed by atoms with E-state index in [4.69, 9.17) is 5.73 Å². The molecule has 0 bridgehead atoms. The van der Waals surface area contributed by atoms with Gasteiger partial charge in [-0.25, -0.2) is 0 Å². The van der Waals surface area contributed by atoms with Crippen molar-refractivity contribution in [2.45, 2.75) is 52.0 Å². The number of rotatable bonds is 9. The molecule has 0 saturated carbocycles. The minimum atomic E-state index is -0.0938. The highest BCUT2D eigenvalue weighted by atomic mass is 16.3. The van der Waals surface area contributed by atoms with Crippen LogP contribution in [0.15, 0.2) is 24.3 Å². The van der Waals surface area contributed by atoms with E-state index in [1.54, 1.807) is 18.2 Å². The average Bonchev–Trinajstić information content (AvgIpc) is 2.45. The Bertz CT molecular complexity index is 429. The van der Waals surface area contributed by atoms with Gasteiger partial charge in [0, 0.05) is 6.42 Å². The number of nitrogens with one attached hydrogen (secondary N) is 1. The first-order chi connectivity index (χ1) is 10.1. The molecule has 2 atom stereocenters. The van der Waals surface area contributed by atoms with Crippen LogP contribution in [0.4, 0.5) is 0 Å². The summed E-state index contributed by atoms with van der Waals surface area (Å²) in [4.78, 5) is 12.0. The number of benzene rings is 1. The van der Waals surface area contributed by atoms with Gasteiger partial charge >= 0.3 is 0 Å². The van der Waals surface area contributed by atoms with Gasteiger partial charge in [-0.3, -0.25) is 4.79 Å². The zero-order valence-electron chi connectivity index (χ0n) is 13.1. The number of carbonyl (C=O) groups is 1. The number of phenols is 1. The average molecular weight is 292 g/mol. The van der Waals surface area contributed by atoms with Crippen LogP contribution in [0.1, 0.15) is 57.6 Å². The predicted octanol–water partition coefficient (Wildman–Crippen LogP) is 3.11. The van der Waals surface area contributed by atoms with Gasteiger partial charge in [0.1, 0.15) is 5.75 Å². The molecule has 1 amide bonds. The molecule has 0 spiro atoms. The van der Waals surface area contributed by atoms with E-state index in [0.29, 0.717) is 18.9 Å². The standard InChI is InChI=1S/C17H28N2O2/c1-3-5-14(10-11-18)8-9-17(21)19-13(2)15-6-4-7-16(20)12-15/h4,6-7,12-14,20H,3,5,8-11,18H2,1-2H3,(H,19,21). The topological polar surface area (TPSA) is 75.4 Å². The summed E-state index contributed by atoms with van der Waals surface area (Å²) in [6, 6.07) is 6.90. The van der Waals surface area contributed by atoms with E-state index >= 15 is 0 Å². The molecular formula is C17H28N2O2. The molecule has 1 aromatic carbocycles. The van der Waals surface area contributed by atoms with Crippen molar-refractivity contribution in [3.63, 3.8) is 0 Å². The van der Waals surface area contributed by atoms with Crippen molar-refractivity contribution in [2.24, 2.45) is 11.7 Å². The molecule has 0 fully saturated rings. The molecule has 0 aliphatic heterocycles. The number of aromatic hydroxyl groups is 1. The van der Waals surface area contributed by atoms with E-state index < -0.39 is 0 Å². The molecule has 1 aromatic rings. The fraction of sp³-hybridized carbons (Fsp3) is 0.588. The molecule has 21 heavy (non-hydrogen) atoms. The maximum absolute atomic E-state index is 12.0. The smallest absolute Gasteiger partial charge is 0.220 e. The molecule has 4 N–H and O–H groups in total. The van der Waals surface area contributed by atoms with Gasteiger partial charge in [-0.1, -0.05) is 31.9 Å². The predicted molar refractivity (Wildman–Crippen MR) is 86.0 cm³/mol. The number of amides is 1. The quantitative estimate of drug-likeness (QED) is 0.654. The lowest BCUT2D eigenvalue weighted by Crippen LogP contribution is -2.27. The molecular weight excluding hydrogens is 264 g/mol. The summed E-state index contributed by atoms with van der Waals surface area (Å²) in [5, 5.41) is 12.4. The van der Waals surface area contributed by atoms with E-state index in [9.17, 15) is 9.90 Å². The third kappa shape index (κ3) is 6.63. The lowest BCUT2D eigenvalue weighted by molar-refractivity contribution is -0.122. The van der Waals surface area contributed by atoms with Crippen molar-refractivity contribution in [3.8, 4) is 5.75 Å². The Labute approximate surface area is 127 Å². The van der Waals surface area contributed by atoms with E-state index in [0.717, 1.165) is 31.2 Å². The van der Waals surface area contributed by atoms with Crippen molar-refractivity contribution >= 4 is 5.91 Å². The summed E-state index contributed by atoms with van der Waals surface area (Å²) in [6.45, 7) is 4.77. The van der Waals surface area contributed by atoms with Crippen LogP contribution < -0.4 is 11.1 Å². The highest BCUT2D eigenvalue weighted by Crippen LogP contribution is 2.19. The van der Waals surface area contributed by atoms with Gasteiger partial charge in [0.15, 0.2) is 0 Å². The minimum absolute atomic E-state index is 0.0592. The van der Waals surface area contributed by atoms with Gasteiger partial charge < -0.3 is 16.2 Å². The van der Waals surface area contributed by atoms with Crippen molar-refractivity contribution in [3.05, 3.63) is 29.8 Å². The van der Waals surface area contributed by atoms with E-state index in [-0.39, 0.29) is 17.7 Å². The van der Waals surface area contributed by atoms with Gasteiger partial charge in [-0.15, -0.1) is 0 Å². The second-order valence-corrected chi connectivity index (χ2v) is 5.65. The maximum atomic E-state index is 12.0. The lowest BCUT2D eigenvalue weighted by atomic mass is 9.94. The molecule has 0 heterocycles. The van der Waals surface area contributed by atoms with Crippen LogP contribution in [-0.4, -0.2) is 17.6 Å². The zero-order chi connectivity index (χ0) is 15.7. The number of nitrogens with two attached hydrogens (primary N) is 1. The SMILES string of the molecule is CCCC(CCN)CCC(=O)NC(C)c1cccc(O)c1. The highest BCUT2D eigenvalue weighted by Gasteiger charge is 2.13. The third-order valence-electron chi connectivity index (χ3n) is 3.80. The van der Waals surface area contributed by atoms with Gasteiger partial charge in [-0.05, 0) is 49.9 Å². The Morgan fingerprint density at radius 3 is 2.71 bits per heavy atom. The Kier molecular flexibility index (Phi) is 7.83. The molecule has 118 valence electrons. The second-order valence-electron chi connectivity index (χ2n) is 5.65. The van der Waals surface area contributed by atoms with Gasteiger partial charge in [0.25, 0.3) is 0 Å². The molecule has 2 unspecified atom stereocenters. The number of hydrogen-bond acceptors (Lipinski definition) is 3. The molecule has 4 nitrogen and oxygen atoms in total. The minimum Gasteiger partial charge on any atom is -0.508 e. The van der Waals surface area contributed by atoms with Crippen LogP contribution in [0.25, 0.3) is 0 Å². The van der Waals surface area contributed by atoms with Crippen molar-refractivity contribution in [2.75, 3.05) is 6.54 Å². The van der Waals surface area contributed by atoms with Crippen LogP contribution in [-0.2, 0) is 4.79 Å². The molecule has 0 saturated heterocycles. The summed E-state index contributed by atoms with van der Waals surface area (Å²) in [5.74, 6) is 0.824. The van der Waals surface area contributed by atoms with Gasteiger partial charge in [-0.2, -0.15) is 0 Å². The second kappa shape index (κ2) is 9.40. The lowest BCUT2D eigenvalue weighted by Gasteiger charge is -2.17. The number of phenolic OH excluding ortho intramolecular Hbond substituents is 1. The first-order valence-electron chi connectivity index (χ1n) is 7.85. The fourth-order valence-corrected chi connectivity index (χ4v) is 2.60. The van der Waals surface area contributed by atoms with Crippen molar-refractivity contribution in [1.29, 1.82) is 0 Å². The first-order valence-corrected chi connectivity index (χ1v) is 7.85. The fourth-order valence-electron chi connectivity index (χ4n) is 2.60. The normalized spacial score (nSPS) is 13.7. The van der Waals surface area contributed by atoms with E-state index in [1.165, 1.54) is 0 Å². The Morgan fingerprint density at radius 2 is 2.10 bits per heavy atom. The monoisotopic (exact) mass is 292 g/mol. The highest BCUT2D eigenvalue weighted by molar-refractivity contribution is 5.76. The van der Waals surface area contributed by atoms with E-state index in [2.05, 4.69) is 12.2 Å². The van der Waals surface area contributed by atoms with Gasteiger partial charge in [0.05, 0.1) is 6.04 Å². The van der Waals surface area contributed by atoms with Crippen molar-refractivity contribution in [1.82, 2.24) is 5.32 Å². The van der Waals surface area contributed by atoms with Crippen molar-refractivity contribution < 1.29 is 9.90 Å². The molecule has 0 aromatic heterocycles. The van der Waals surface area contributed by atoms with Crippen LogP contribution in [0.3, 0.4) is 0 Å². The molecule has 0 aliphatic rings. The molecule has 0 aliphatic carbocycles. The Balaban J connectivity index is 2.42. The van der Waals surface area contributed by atoms with Crippen LogP contribution in [0, 0.1) is 5.92 Å². The Morgan fingerprint density at radius 1 is 1.33 bits per heavy atom. The van der Waals surface area contributed by atoms with E-state index in [1.807, 2.05) is 13.0 Å². The zero-order valence-corrected chi connectivity index (χ0v) is 13.1. The molecule has 1 rings (SSSR count). The first kappa shape index (κ1) is 17.5. The van der Waals surface area contributed by atoms with Crippen LogP contribution >= 0.6 is 0 Å². The summed E-state index contributed by atoms with van der Waals surface area (Å²) in [7, 11) is 0. The largest absolute Gasteiger partial charge is 0.508 e. The molecule has 0 radical (unpaired) electrons. The third-order valence-corrected chi connectivity index (χ3v) is 3.80. The summed E-state index contributed by atoms with van der Waals surface area (Å²) < 4.78 is 0. The Hall–Kier alpha value is -1.55.